The lowest BCUT2D eigenvalue weighted by molar-refractivity contribution is -0.155. The van der Waals surface area contributed by atoms with Gasteiger partial charge in [0.2, 0.25) is 0 Å². The quantitative estimate of drug-likeness (QED) is 0.795. The van der Waals surface area contributed by atoms with Crippen LogP contribution in [0.4, 0.5) is 0 Å². The van der Waals surface area contributed by atoms with Gasteiger partial charge in [-0.3, -0.25) is 4.79 Å². The van der Waals surface area contributed by atoms with Crippen LogP contribution >= 0.6 is 15.9 Å². The van der Waals surface area contributed by atoms with Gasteiger partial charge in [-0.1, -0.05) is 35.8 Å². The average molecular weight is 341 g/mol. The van der Waals surface area contributed by atoms with Crippen LogP contribution in [0.5, 0.6) is 0 Å². The van der Waals surface area contributed by atoms with Crippen LogP contribution in [-0.4, -0.2) is 17.2 Å². The molecule has 0 aliphatic heterocycles. The van der Waals surface area contributed by atoms with Gasteiger partial charge in [0.05, 0.1) is 5.60 Å². The van der Waals surface area contributed by atoms with Crippen molar-refractivity contribution >= 4 is 21.9 Å². The number of rotatable bonds is 1. The van der Waals surface area contributed by atoms with E-state index in [0.29, 0.717) is 6.42 Å². The van der Waals surface area contributed by atoms with Gasteiger partial charge in [-0.05, 0) is 36.6 Å². The maximum Gasteiger partial charge on any atom is 0.302 e. The molecule has 1 aliphatic carbocycles. The highest BCUT2D eigenvalue weighted by Crippen LogP contribution is 2.47. The number of ether oxygens (including phenoxy) is 1. The molecule has 0 bridgehead atoms. The SMILES string of the molecule is CC(=O)OC1CC(C)(O)c2cc(Br)c(C)cc2C1(C)C. The van der Waals surface area contributed by atoms with Crippen LogP contribution in [0.25, 0.3) is 0 Å². The first-order valence-corrected chi connectivity index (χ1v) is 7.55. The van der Waals surface area contributed by atoms with Gasteiger partial charge in [0.15, 0.2) is 0 Å². The predicted molar refractivity (Wildman–Crippen MR) is 81.6 cm³/mol. The number of carbonyl (C=O) groups excluding carboxylic acids is 1. The van der Waals surface area contributed by atoms with E-state index < -0.39 is 5.60 Å². The molecule has 0 saturated heterocycles. The third-order valence-electron chi connectivity index (χ3n) is 4.27. The zero-order valence-electron chi connectivity index (χ0n) is 12.6. The van der Waals surface area contributed by atoms with Crippen molar-refractivity contribution in [3.05, 3.63) is 33.3 Å². The number of benzene rings is 1. The Balaban J connectivity index is 2.61. The van der Waals surface area contributed by atoms with Gasteiger partial charge in [-0.25, -0.2) is 0 Å². The molecule has 1 aliphatic rings. The summed E-state index contributed by atoms with van der Waals surface area (Å²) < 4.78 is 6.44. The summed E-state index contributed by atoms with van der Waals surface area (Å²) in [6.07, 6.45) is 0.0744. The number of esters is 1. The molecule has 0 heterocycles. The van der Waals surface area contributed by atoms with Crippen molar-refractivity contribution in [3.8, 4) is 0 Å². The molecule has 4 heteroatoms. The lowest BCUT2D eigenvalue weighted by atomic mass is 9.65. The molecule has 2 atom stereocenters. The van der Waals surface area contributed by atoms with E-state index in [9.17, 15) is 9.90 Å². The van der Waals surface area contributed by atoms with Crippen molar-refractivity contribution < 1.29 is 14.6 Å². The highest BCUT2D eigenvalue weighted by Gasteiger charge is 2.47. The van der Waals surface area contributed by atoms with E-state index >= 15 is 0 Å². The van der Waals surface area contributed by atoms with Crippen LogP contribution in [0.3, 0.4) is 0 Å². The number of hydrogen-bond donors (Lipinski definition) is 1. The van der Waals surface area contributed by atoms with E-state index in [4.69, 9.17) is 4.74 Å². The second-order valence-corrected chi connectivity index (χ2v) is 7.30. The van der Waals surface area contributed by atoms with E-state index in [0.717, 1.165) is 21.2 Å². The summed E-state index contributed by atoms with van der Waals surface area (Å²) in [4.78, 5) is 11.3. The Labute approximate surface area is 128 Å². The molecular weight excluding hydrogens is 320 g/mol. The summed E-state index contributed by atoms with van der Waals surface area (Å²) in [6.45, 7) is 9.32. The summed E-state index contributed by atoms with van der Waals surface area (Å²) in [5, 5.41) is 10.7. The molecule has 20 heavy (non-hydrogen) atoms. The van der Waals surface area contributed by atoms with Crippen molar-refractivity contribution in [1.29, 1.82) is 0 Å². The molecule has 0 radical (unpaired) electrons. The number of fused-ring (bicyclic) bond motifs is 1. The van der Waals surface area contributed by atoms with Gasteiger partial charge in [0.1, 0.15) is 6.10 Å². The van der Waals surface area contributed by atoms with Crippen LogP contribution in [0.15, 0.2) is 16.6 Å². The first-order valence-electron chi connectivity index (χ1n) is 6.76. The van der Waals surface area contributed by atoms with Crippen LogP contribution < -0.4 is 0 Å². The fourth-order valence-electron chi connectivity index (χ4n) is 2.95. The Morgan fingerprint density at radius 2 is 1.95 bits per heavy atom. The van der Waals surface area contributed by atoms with Gasteiger partial charge in [-0.2, -0.15) is 0 Å². The Kier molecular flexibility index (Phi) is 3.76. The summed E-state index contributed by atoms with van der Waals surface area (Å²) in [5.41, 5.74) is 1.73. The molecule has 2 rings (SSSR count). The van der Waals surface area contributed by atoms with E-state index in [-0.39, 0.29) is 17.5 Å². The van der Waals surface area contributed by atoms with Crippen molar-refractivity contribution in [2.45, 2.75) is 58.2 Å². The molecule has 0 spiro atoms. The van der Waals surface area contributed by atoms with Gasteiger partial charge in [0.25, 0.3) is 0 Å². The Hall–Kier alpha value is -0.870. The Morgan fingerprint density at radius 3 is 2.50 bits per heavy atom. The van der Waals surface area contributed by atoms with Crippen molar-refractivity contribution in [3.63, 3.8) is 0 Å². The minimum atomic E-state index is -0.999. The molecular formula is C16H21BrO3. The van der Waals surface area contributed by atoms with Gasteiger partial charge in [-0.15, -0.1) is 0 Å². The third-order valence-corrected chi connectivity index (χ3v) is 5.12. The smallest absolute Gasteiger partial charge is 0.302 e. The fraction of sp³-hybridized carbons (Fsp3) is 0.562. The highest BCUT2D eigenvalue weighted by molar-refractivity contribution is 9.10. The molecule has 0 fully saturated rings. The first-order chi connectivity index (χ1) is 9.05. The molecule has 110 valence electrons. The van der Waals surface area contributed by atoms with Gasteiger partial charge in [0, 0.05) is 23.2 Å². The maximum absolute atomic E-state index is 11.3. The molecule has 0 amide bonds. The van der Waals surface area contributed by atoms with Gasteiger partial charge >= 0.3 is 5.97 Å². The van der Waals surface area contributed by atoms with Crippen LogP contribution in [-0.2, 0) is 20.5 Å². The van der Waals surface area contributed by atoms with Crippen LogP contribution in [0.1, 0.15) is 50.8 Å². The third kappa shape index (κ3) is 2.51. The summed E-state index contributed by atoms with van der Waals surface area (Å²) >= 11 is 3.52. The van der Waals surface area contributed by atoms with Crippen molar-refractivity contribution in [1.82, 2.24) is 0 Å². The largest absolute Gasteiger partial charge is 0.462 e. The fourth-order valence-corrected chi connectivity index (χ4v) is 3.29. The van der Waals surface area contributed by atoms with Gasteiger partial charge < -0.3 is 9.84 Å². The van der Waals surface area contributed by atoms with Crippen LogP contribution in [0.2, 0.25) is 0 Å². The number of aliphatic hydroxyl groups is 1. The van der Waals surface area contributed by atoms with Crippen molar-refractivity contribution in [2.75, 3.05) is 0 Å². The minimum Gasteiger partial charge on any atom is -0.462 e. The molecule has 1 aromatic carbocycles. The zero-order chi connectivity index (χ0) is 15.3. The monoisotopic (exact) mass is 340 g/mol. The number of carbonyl (C=O) groups is 1. The summed E-state index contributed by atoms with van der Waals surface area (Å²) in [5.74, 6) is -0.309. The van der Waals surface area contributed by atoms with E-state index in [1.807, 2.05) is 13.0 Å². The topological polar surface area (TPSA) is 46.5 Å². The maximum atomic E-state index is 11.3. The van der Waals surface area contributed by atoms with E-state index in [2.05, 4.69) is 35.8 Å². The van der Waals surface area contributed by atoms with Crippen LogP contribution in [0, 0.1) is 6.92 Å². The lowest BCUT2D eigenvalue weighted by Crippen LogP contribution is -2.48. The highest BCUT2D eigenvalue weighted by atomic mass is 79.9. The Morgan fingerprint density at radius 1 is 1.35 bits per heavy atom. The van der Waals surface area contributed by atoms with E-state index in [1.54, 1.807) is 6.92 Å². The summed E-state index contributed by atoms with van der Waals surface area (Å²) in [6, 6.07) is 4.06. The second kappa shape index (κ2) is 4.85. The molecule has 0 aromatic heterocycles. The Bertz CT molecular complexity index is 561. The number of halogens is 1. The zero-order valence-corrected chi connectivity index (χ0v) is 14.2. The molecule has 0 saturated carbocycles. The molecule has 1 N–H and O–H groups in total. The molecule has 2 unspecified atom stereocenters. The second-order valence-electron chi connectivity index (χ2n) is 6.44. The first kappa shape index (κ1) is 15.5. The number of aryl methyl sites for hydroxylation is 1. The standard InChI is InChI=1S/C16H21BrO3/c1-9-6-11-12(7-13(9)17)16(5,19)8-14(15(11,3)4)20-10(2)18/h6-7,14,19H,8H2,1-5H3. The van der Waals surface area contributed by atoms with E-state index in [1.165, 1.54) is 6.92 Å². The predicted octanol–water partition coefficient (Wildman–Crippen LogP) is 3.58. The number of hydrogen-bond acceptors (Lipinski definition) is 3. The average Bonchev–Trinajstić information content (AvgIpc) is 2.28. The molecule has 3 nitrogen and oxygen atoms in total. The minimum absolute atomic E-state index is 0.309. The van der Waals surface area contributed by atoms with Crippen molar-refractivity contribution in [2.24, 2.45) is 0 Å². The summed E-state index contributed by atoms with van der Waals surface area (Å²) in [7, 11) is 0. The normalized spacial score (nSPS) is 27.9. The molecule has 1 aromatic rings. The lowest BCUT2D eigenvalue weighted by Gasteiger charge is -2.46.